The molecule has 90 valence electrons. The maximum absolute atomic E-state index is 5.53. The Balaban J connectivity index is 2.02. The SMILES string of the molecule is Cc1ccccc1-c1noc(-c2cc(N)n[nH]2)n1. The van der Waals surface area contributed by atoms with Crippen LogP contribution in [0.15, 0.2) is 34.9 Å². The molecule has 0 radical (unpaired) electrons. The van der Waals surface area contributed by atoms with Gasteiger partial charge in [0.05, 0.1) is 0 Å². The van der Waals surface area contributed by atoms with Gasteiger partial charge in [-0.2, -0.15) is 10.1 Å². The molecule has 2 heterocycles. The first-order chi connectivity index (χ1) is 8.74. The molecule has 0 spiro atoms. The van der Waals surface area contributed by atoms with E-state index in [1.54, 1.807) is 6.07 Å². The summed E-state index contributed by atoms with van der Waals surface area (Å²) >= 11 is 0. The van der Waals surface area contributed by atoms with Crippen LogP contribution in [0.5, 0.6) is 0 Å². The number of aromatic nitrogens is 4. The zero-order valence-corrected chi connectivity index (χ0v) is 9.71. The summed E-state index contributed by atoms with van der Waals surface area (Å²) in [5.41, 5.74) is 8.17. The zero-order chi connectivity index (χ0) is 12.5. The van der Waals surface area contributed by atoms with Gasteiger partial charge < -0.3 is 10.3 Å². The molecular weight excluding hydrogens is 230 g/mol. The van der Waals surface area contributed by atoms with Crippen LogP contribution in [0.2, 0.25) is 0 Å². The van der Waals surface area contributed by atoms with Gasteiger partial charge in [-0.15, -0.1) is 0 Å². The van der Waals surface area contributed by atoms with E-state index in [4.69, 9.17) is 10.3 Å². The van der Waals surface area contributed by atoms with E-state index in [-0.39, 0.29) is 0 Å². The Hall–Kier alpha value is -2.63. The van der Waals surface area contributed by atoms with E-state index in [9.17, 15) is 0 Å². The summed E-state index contributed by atoms with van der Waals surface area (Å²) < 4.78 is 5.19. The first-order valence-electron chi connectivity index (χ1n) is 5.45. The number of nitrogens with two attached hydrogens (primary N) is 1. The summed E-state index contributed by atoms with van der Waals surface area (Å²) in [7, 11) is 0. The Morgan fingerprint density at radius 3 is 2.83 bits per heavy atom. The van der Waals surface area contributed by atoms with Gasteiger partial charge in [0.2, 0.25) is 5.82 Å². The third kappa shape index (κ3) is 1.73. The Morgan fingerprint density at radius 1 is 1.28 bits per heavy atom. The Labute approximate surface area is 103 Å². The maximum atomic E-state index is 5.53. The van der Waals surface area contributed by atoms with Crippen molar-refractivity contribution >= 4 is 5.82 Å². The smallest absolute Gasteiger partial charge is 0.276 e. The summed E-state index contributed by atoms with van der Waals surface area (Å²) in [6, 6.07) is 9.50. The topological polar surface area (TPSA) is 93.6 Å². The lowest BCUT2D eigenvalue weighted by Crippen LogP contribution is -1.84. The van der Waals surface area contributed by atoms with Crippen LogP contribution >= 0.6 is 0 Å². The van der Waals surface area contributed by atoms with Crippen LogP contribution in [0, 0.1) is 6.92 Å². The molecule has 0 aliphatic heterocycles. The second-order valence-electron chi connectivity index (χ2n) is 3.94. The van der Waals surface area contributed by atoms with Crippen LogP contribution in [-0.2, 0) is 0 Å². The van der Waals surface area contributed by atoms with Gasteiger partial charge in [0.25, 0.3) is 5.89 Å². The number of nitrogens with zero attached hydrogens (tertiary/aromatic N) is 3. The minimum Gasteiger partial charge on any atom is -0.382 e. The molecule has 0 aliphatic rings. The second-order valence-corrected chi connectivity index (χ2v) is 3.94. The molecule has 0 unspecified atom stereocenters. The minimum atomic E-state index is 0.373. The molecule has 0 saturated heterocycles. The number of hydrogen-bond acceptors (Lipinski definition) is 5. The highest BCUT2D eigenvalue weighted by Crippen LogP contribution is 2.23. The highest BCUT2D eigenvalue weighted by molar-refractivity contribution is 5.62. The third-order valence-corrected chi connectivity index (χ3v) is 2.64. The predicted octanol–water partition coefficient (Wildman–Crippen LogP) is 2.02. The van der Waals surface area contributed by atoms with Crippen molar-refractivity contribution < 1.29 is 4.52 Å². The van der Waals surface area contributed by atoms with Gasteiger partial charge in [-0.1, -0.05) is 29.4 Å². The molecule has 3 rings (SSSR count). The highest BCUT2D eigenvalue weighted by atomic mass is 16.5. The summed E-state index contributed by atoms with van der Waals surface area (Å²) in [6.07, 6.45) is 0. The molecule has 1 aromatic carbocycles. The monoisotopic (exact) mass is 241 g/mol. The summed E-state index contributed by atoms with van der Waals surface area (Å²) in [5, 5.41) is 10.5. The molecule has 0 amide bonds. The lowest BCUT2D eigenvalue weighted by molar-refractivity contribution is 0.431. The maximum Gasteiger partial charge on any atom is 0.276 e. The number of nitrogens with one attached hydrogen (secondary N) is 1. The second kappa shape index (κ2) is 3.99. The van der Waals surface area contributed by atoms with Gasteiger partial charge in [-0.25, -0.2) is 0 Å². The lowest BCUT2D eigenvalue weighted by Gasteiger charge is -1.97. The standard InChI is InChI=1S/C12H11N5O/c1-7-4-2-3-5-8(7)11-14-12(18-17-11)9-6-10(13)16-15-9/h2-6H,1H3,(H3,13,15,16). The van der Waals surface area contributed by atoms with Gasteiger partial charge in [0, 0.05) is 11.6 Å². The van der Waals surface area contributed by atoms with E-state index in [0.717, 1.165) is 11.1 Å². The van der Waals surface area contributed by atoms with Gasteiger partial charge in [0.1, 0.15) is 11.5 Å². The van der Waals surface area contributed by atoms with Gasteiger partial charge >= 0.3 is 0 Å². The minimum absolute atomic E-state index is 0.373. The number of aromatic amines is 1. The number of benzene rings is 1. The van der Waals surface area contributed by atoms with Crippen molar-refractivity contribution in [3.8, 4) is 23.0 Å². The molecule has 2 aromatic heterocycles. The van der Waals surface area contributed by atoms with E-state index in [0.29, 0.717) is 23.2 Å². The molecule has 0 aliphatic carbocycles. The van der Waals surface area contributed by atoms with E-state index in [2.05, 4.69) is 20.3 Å². The van der Waals surface area contributed by atoms with Crippen molar-refractivity contribution in [1.82, 2.24) is 20.3 Å². The average Bonchev–Trinajstić information content (AvgIpc) is 2.98. The predicted molar refractivity (Wildman–Crippen MR) is 66.5 cm³/mol. The van der Waals surface area contributed by atoms with E-state index >= 15 is 0 Å². The van der Waals surface area contributed by atoms with Crippen LogP contribution < -0.4 is 5.73 Å². The van der Waals surface area contributed by atoms with Crippen molar-refractivity contribution in [2.24, 2.45) is 0 Å². The highest BCUT2D eigenvalue weighted by Gasteiger charge is 2.13. The molecule has 0 fully saturated rings. The van der Waals surface area contributed by atoms with Crippen LogP contribution in [0.3, 0.4) is 0 Å². The summed E-state index contributed by atoms with van der Waals surface area (Å²) in [5.74, 6) is 1.31. The Kier molecular flexibility index (Phi) is 2.33. The average molecular weight is 241 g/mol. The normalized spacial score (nSPS) is 10.7. The molecule has 18 heavy (non-hydrogen) atoms. The molecule has 6 heteroatoms. The quantitative estimate of drug-likeness (QED) is 0.715. The molecule has 0 atom stereocenters. The van der Waals surface area contributed by atoms with Crippen LogP contribution in [0.25, 0.3) is 23.0 Å². The third-order valence-electron chi connectivity index (χ3n) is 2.64. The van der Waals surface area contributed by atoms with Crippen molar-refractivity contribution in [1.29, 1.82) is 0 Å². The molecule has 3 N–H and O–H groups in total. The number of anilines is 1. The van der Waals surface area contributed by atoms with Crippen molar-refractivity contribution in [3.63, 3.8) is 0 Å². The number of H-pyrrole nitrogens is 1. The summed E-state index contributed by atoms with van der Waals surface area (Å²) in [6.45, 7) is 2.00. The number of aryl methyl sites for hydroxylation is 1. The molecule has 6 nitrogen and oxygen atoms in total. The van der Waals surface area contributed by atoms with E-state index in [1.807, 2.05) is 31.2 Å². The summed E-state index contributed by atoms with van der Waals surface area (Å²) in [4.78, 5) is 4.32. The largest absolute Gasteiger partial charge is 0.382 e. The van der Waals surface area contributed by atoms with E-state index in [1.165, 1.54) is 0 Å². The van der Waals surface area contributed by atoms with Gasteiger partial charge in [-0.3, -0.25) is 5.10 Å². The fraction of sp³-hybridized carbons (Fsp3) is 0.0833. The van der Waals surface area contributed by atoms with E-state index < -0.39 is 0 Å². The number of nitrogen functional groups attached to an aromatic ring is 1. The first kappa shape index (κ1) is 10.5. The molecular formula is C12H11N5O. The van der Waals surface area contributed by atoms with Crippen LogP contribution in [0.1, 0.15) is 5.56 Å². The fourth-order valence-electron chi connectivity index (χ4n) is 1.71. The first-order valence-corrected chi connectivity index (χ1v) is 5.45. The molecule has 0 bridgehead atoms. The Bertz CT molecular complexity index is 685. The zero-order valence-electron chi connectivity index (χ0n) is 9.71. The fourth-order valence-corrected chi connectivity index (χ4v) is 1.71. The molecule has 3 aromatic rings. The van der Waals surface area contributed by atoms with Crippen molar-refractivity contribution in [2.45, 2.75) is 6.92 Å². The molecule has 0 saturated carbocycles. The lowest BCUT2D eigenvalue weighted by atomic mass is 10.1. The van der Waals surface area contributed by atoms with Crippen molar-refractivity contribution in [2.75, 3.05) is 5.73 Å². The van der Waals surface area contributed by atoms with Crippen molar-refractivity contribution in [3.05, 3.63) is 35.9 Å². The number of hydrogen-bond donors (Lipinski definition) is 2. The van der Waals surface area contributed by atoms with Gasteiger partial charge in [-0.05, 0) is 12.5 Å². The Morgan fingerprint density at radius 2 is 2.11 bits per heavy atom. The van der Waals surface area contributed by atoms with Gasteiger partial charge in [0.15, 0.2) is 0 Å². The number of rotatable bonds is 2. The van der Waals surface area contributed by atoms with Crippen LogP contribution in [-0.4, -0.2) is 20.3 Å². The van der Waals surface area contributed by atoms with Crippen LogP contribution in [0.4, 0.5) is 5.82 Å².